The van der Waals surface area contributed by atoms with Gasteiger partial charge in [0, 0.05) is 17.5 Å². The third-order valence-corrected chi connectivity index (χ3v) is 5.29. The lowest BCUT2D eigenvalue weighted by Crippen LogP contribution is -2.13. The number of para-hydroxylation sites is 1. The zero-order valence-electron chi connectivity index (χ0n) is 13.7. The fourth-order valence-corrected chi connectivity index (χ4v) is 4.02. The summed E-state index contributed by atoms with van der Waals surface area (Å²) in [4.78, 5) is 0. The van der Waals surface area contributed by atoms with Crippen molar-refractivity contribution in [3.05, 3.63) is 87.9 Å². The zero-order valence-corrected chi connectivity index (χ0v) is 15.2. The van der Waals surface area contributed by atoms with E-state index in [1.54, 1.807) is 0 Å². The van der Waals surface area contributed by atoms with Crippen LogP contribution in [0, 0.1) is 0 Å². The standard InChI is InChI=1S/C22H18Cl2O/c23-19-10-5-11-20(24)21(19)18-9-4-8-16-14-17(25-22(16)18)13-12-15-6-2-1-3-7-15/h1-11,17H,12-14H2. The highest BCUT2D eigenvalue weighted by atomic mass is 35.5. The van der Waals surface area contributed by atoms with Crippen molar-refractivity contribution in [1.82, 2.24) is 0 Å². The van der Waals surface area contributed by atoms with Crippen molar-refractivity contribution in [2.75, 3.05) is 0 Å². The van der Waals surface area contributed by atoms with Gasteiger partial charge in [0.2, 0.25) is 0 Å². The molecule has 0 fully saturated rings. The quantitative estimate of drug-likeness (QED) is 0.504. The minimum Gasteiger partial charge on any atom is -0.489 e. The molecule has 4 rings (SSSR count). The smallest absolute Gasteiger partial charge is 0.130 e. The fourth-order valence-electron chi connectivity index (χ4n) is 3.42. The van der Waals surface area contributed by atoms with E-state index in [4.69, 9.17) is 27.9 Å². The Hall–Kier alpha value is -1.96. The van der Waals surface area contributed by atoms with Crippen molar-refractivity contribution in [2.45, 2.75) is 25.4 Å². The molecular weight excluding hydrogens is 351 g/mol. The number of hydrogen-bond acceptors (Lipinski definition) is 1. The van der Waals surface area contributed by atoms with Crippen molar-refractivity contribution in [2.24, 2.45) is 0 Å². The molecule has 1 aliphatic heterocycles. The Morgan fingerprint density at radius 3 is 2.32 bits per heavy atom. The molecule has 126 valence electrons. The average molecular weight is 369 g/mol. The van der Waals surface area contributed by atoms with E-state index in [0.29, 0.717) is 10.0 Å². The predicted molar refractivity (Wildman–Crippen MR) is 105 cm³/mol. The molecule has 3 heteroatoms. The van der Waals surface area contributed by atoms with Crippen LogP contribution in [0.1, 0.15) is 17.5 Å². The van der Waals surface area contributed by atoms with Gasteiger partial charge >= 0.3 is 0 Å². The van der Waals surface area contributed by atoms with Crippen LogP contribution in [0.15, 0.2) is 66.7 Å². The minimum absolute atomic E-state index is 0.192. The topological polar surface area (TPSA) is 9.23 Å². The van der Waals surface area contributed by atoms with Gasteiger partial charge in [0.05, 0.1) is 10.0 Å². The highest BCUT2D eigenvalue weighted by Crippen LogP contribution is 2.44. The van der Waals surface area contributed by atoms with Gasteiger partial charge in [0.1, 0.15) is 11.9 Å². The summed E-state index contributed by atoms with van der Waals surface area (Å²) in [5, 5.41) is 1.30. The van der Waals surface area contributed by atoms with Crippen LogP contribution >= 0.6 is 23.2 Å². The Morgan fingerprint density at radius 2 is 1.56 bits per heavy atom. The van der Waals surface area contributed by atoms with Gasteiger partial charge in [-0.15, -0.1) is 0 Å². The number of rotatable bonds is 4. The van der Waals surface area contributed by atoms with E-state index in [1.807, 2.05) is 30.3 Å². The van der Waals surface area contributed by atoms with Crippen LogP contribution in [0.5, 0.6) is 5.75 Å². The van der Waals surface area contributed by atoms with E-state index >= 15 is 0 Å². The van der Waals surface area contributed by atoms with Crippen LogP contribution < -0.4 is 4.74 Å². The van der Waals surface area contributed by atoms with Gasteiger partial charge in [-0.2, -0.15) is 0 Å². The molecule has 25 heavy (non-hydrogen) atoms. The number of aryl methyl sites for hydroxylation is 1. The molecule has 0 aliphatic carbocycles. The number of hydrogen-bond donors (Lipinski definition) is 0. The first-order chi connectivity index (χ1) is 12.2. The van der Waals surface area contributed by atoms with Gasteiger partial charge in [-0.05, 0) is 36.1 Å². The van der Waals surface area contributed by atoms with Crippen LogP contribution in [0.3, 0.4) is 0 Å². The van der Waals surface area contributed by atoms with E-state index in [9.17, 15) is 0 Å². The van der Waals surface area contributed by atoms with Crippen molar-refractivity contribution in [3.63, 3.8) is 0 Å². The second-order valence-corrected chi connectivity index (χ2v) is 7.17. The molecule has 3 aromatic carbocycles. The summed E-state index contributed by atoms with van der Waals surface area (Å²) < 4.78 is 6.31. The molecular formula is C22H18Cl2O. The molecule has 0 bridgehead atoms. The van der Waals surface area contributed by atoms with Crippen molar-refractivity contribution in [3.8, 4) is 16.9 Å². The van der Waals surface area contributed by atoms with E-state index in [0.717, 1.165) is 36.1 Å². The fraction of sp³-hybridized carbons (Fsp3) is 0.182. The first kappa shape index (κ1) is 16.5. The molecule has 1 unspecified atom stereocenters. The predicted octanol–water partition coefficient (Wildman–Crippen LogP) is 6.60. The van der Waals surface area contributed by atoms with Crippen molar-refractivity contribution >= 4 is 23.2 Å². The molecule has 0 saturated heterocycles. The van der Waals surface area contributed by atoms with E-state index < -0.39 is 0 Å². The number of ether oxygens (including phenoxy) is 1. The first-order valence-corrected chi connectivity index (χ1v) is 9.25. The normalized spacial score (nSPS) is 15.7. The second-order valence-electron chi connectivity index (χ2n) is 6.36. The summed E-state index contributed by atoms with van der Waals surface area (Å²) in [7, 11) is 0. The highest BCUT2D eigenvalue weighted by molar-refractivity contribution is 6.39. The molecule has 1 atom stereocenters. The average Bonchev–Trinajstić information content (AvgIpc) is 3.05. The number of benzene rings is 3. The molecule has 3 aromatic rings. The Kier molecular flexibility index (Phi) is 4.70. The maximum atomic E-state index is 6.40. The van der Waals surface area contributed by atoms with Crippen LogP contribution in [0.4, 0.5) is 0 Å². The third-order valence-electron chi connectivity index (χ3n) is 4.66. The van der Waals surface area contributed by atoms with Gasteiger partial charge < -0.3 is 4.74 Å². The summed E-state index contributed by atoms with van der Waals surface area (Å²) in [6, 6.07) is 22.3. The lowest BCUT2D eigenvalue weighted by Gasteiger charge is -2.14. The molecule has 1 heterocycles. The molecule has 1 nitrogen and oxygen atoms in total. The SMILES string of the molecule is Clc1cccc(Cl)c1-c1cccc2c1OC(CCc1ccccc1)C2. The molecule has 0 radical (unpaired) electrons. The Balaban J connectivity index is 1.58. The lowest BCUT2D eigenvalue weighted by molar-refractivity contribution is 0.222. The van der Waals surface area contributed by atoms with Gasteiger partial charge in [-0.25, -0.2) is 0 Å². The first-order valence-electron chi connectivity index (χ1n) is 8.49. The van der Waals surface area contributed by atoms with E-state index in [2.05, 4.69) is 36.4 Å². The summed E-state index contributed by atoms with van der Waals surface area (Å²) in [6.07, 6.45) is 3.13. The molecule has 0 saturated carbocycles. The summed E-state index contributed by atoms with van der Waals surface area (Å²) in [6.45, 7) is 0. The molecule has 0 N–H and O–H groups in total. The van der Waals surface area contributed by atoms with Gasteiger partial charge in [-0.3, -0.25) is 0 Å². The van der Waals surface area contributed by atoms with Crippen LogP contribution in [-0.4, -0.2) is 6.10 Å². The van der Waals surface area contributed by atoms with Crippen LogP contribution in [0.25, 0.3) is 11.1 Å². The van der Waals surface area contributed by atoms with E-state index in [1.165, 1.54) is 11.1 Å². The second kappa shape index (κ2) is 7.11. The van der Waals surface area contributed by atoms with Gasteiger partial charge in [0.15, 0.2) is 0 Å². The Morgan fingerprint density at radius 1 is 0.840 bits per heavy atom. The largest absolute Gasteiger partial charge is 0.489 e. The van der Waals surface area contributed by atoms with E-state index in [-0.39, 0.29) is 6.10 Å². The maximum absolute atomic E-state index is 6.40. The molecule has 0 amide bonds. The van der Waals surface area contributed by atoms with Crippen molar-refractivity contribution < 1.29 is 4.74 Å². The molecule has 0 aromatic heterocycles. The Labute approximate surface area is 158 Å². The third kappa shape index (κ3) is 3.40. The number of halogens is 2. The minimum atomic E-state index is 0.192. The zero-order chi connectivity index (χ0) is 17.2. The highest BCUT2D eigenvalue weighted by Gasteiger charge is 2.26. The van der Waals surface area contributed by atoms with Crippen molar-refractivity contribution in [1.29, 1.82) is 0 Å². The molecule has 0 spiro atoms. The number of fused-ring (bicyclic) bond motifs is 1. The van der Waals surface area contributed by atoms with Crippen LogP contribution in [0.2, 0.25) is 10.0 Å². The maximum Gasteiger partial charge on any atom is 0.130 e. The van der Waals surface area contributed by atoms with Crippen LogP contribution in [-0.2, 0) is 12.8 Å². The molecule has 1 aliphatic rings. The Bertz CT molecular complexity index is 870. The monoisotopic (exact) mass is 368 g/mol. The van der Waals surface area contributed by atoms with Gasteiger partial charge in [0.25, 0.3) is 0 Å². The van der Waals surface area contributed by atoms with Gasteiger partial charge in [-0.1, -0.05) is 77.8 Å². The summed E-state index contributed by atoms with van der Waals surface area (Å²) in [5.74, 6) is 0.926. The summed E-state index contributed by atoms with van der Waals surface area (Å²) in [5.41, 5.74) is 4.41. The lowest BCUT2D eigenvalue weighted by atomic mass is 9.99. The summed E-state index contributed by atoms with van der Waals surface area (Å²) >= 11 is 12.8.